The molecular weight excluding hydrogens is 242 g/mol. The van der Waals surface area contributed by atoms with Gasteiger partial charge >= 0.3 is 0 Å². The van der Waals surface area contributed by atoms with E-state index in [1.54, 1.807) is 6.92 Å². The van der Waals surface area contributed by atoms with E-state index in [1.807, 2.05) is 0 Å². The Labute approximate surface area is 104 Å². The van der Waals surface area contributed by atoms with Crippen LogP contribution in [0, 0.1) is 11.6 Å². The molecule has 1 aromatic rings. The van der Waals surface area contributed by atoms with Gasteiger partial charge in [-0.3, -0.25) is 4.79 Å². The molecule has 0 spiro atoms. The Balaban J connectivity index is 3.14. The molecule has 1 rings (SSSR count). The van der Waals surface area contributed by atoms with Crippen LogP contribution in [0.4, 0.5) is 20.4 Å². The molecule has 0 radical (unpaired) electrons. The van der Waals surface area contributed by atoms with Crippen LogP contribution in [-0.4, -0.2) is 23.5 Å². The average molecular weight is 258 g/mol. The predicted molar refractivity (Wildman–Crippen MR) is 65.2 cm³/mol. The molecular formula is C11H16F2N4O. The summed E-state index contributed by atoms with van der Waals surface area (Å²) in [5.74, 6) is -2.66. The first-order valence-corrected chi connectivity index (χ1v) is 5.46. The number of nitrogens with zero attached hydrogens (tertiary/aromatic N) is 1. The number of carbonyl (C=O) groups excluding carboxylic acids is 1. The summed E-state index contributed by atoms with van der Waals surface area (Å²) in [5, 5.41) is 5.09. The summed E-state index contributed by atoms with van der Waals surface area (Å²) < 4.78 is 26.8. The van der Waals surface area contributed by atoms with Gasteiger partial charge in [-0.25, -0.2) is 13.8 Å². The number of amides is 1. The van der Waals surface area contributed by atoms with E-state index in [0.717, 1.165) is 0 Å². The van der Waals surface area contributed by atoms with Gasteiger partial charge in [0.15, 0.2) is 23.3 Å². The van der Waals surface area contributed by atoms with Gasteiger partial charge in [0, 0.05) is 13.1 Å². The molecule has 0 aliphatic carbocycles. The Bertz CT molecular complexity index is 467. The van der Waals surface area contributed by atoms with Crippen molar-refractivity contribution >= 4 is 17.5 Å². The largest absolute Gasteiger partial charge is 0.371 e. The van der Waals surface area contributed by atoms with Crippen LogP contribution in [0.15, 0.2) is 6.07 Å². The topological polar surface area (TPSA) is 80.0 Å². The maximum absolute atomic E-state index is 13.6. The third-order valence-electron chi connectivity index (χ3n) is 2.81. The van der Waals surface area contributed by atoms with Crippen molar-refractivity contribution in [2.75, 3.05) is 17.7 Å². The minimum absolute atomic E-state index is 0.109. The minimum atomic E-state index is -1.14. The molecule has 1 atom stereocenters. The van der Waals surface area contributed by atoms with Gasteiger partial charge in [0.25, 0.3) is 0 Å². The fourth-order valence-electron chi connectivity index (χ4n) is 1.32. The van der Waals surface area contributed by atoms with Gasteiger partial charge < -0.3 is 16.4 Å². The zero-order valence-corrected chi connectivity index (χ0v) is 10.5. The Hall–Kier alpha value is -1.92. The summed E-state index contributed by atoms with van der Waals surface area (Å²) in [4.78, 5) is 15.0. The van der Waals surface area contributed by atoms with Gasteiger partial charge in [-0.1, -0.05) is 6.92 Å². The van der Waals surface area contributed by atoms with Gasteiger partial charge in [0.1, 0.15) is 5.54 Å². The Kier molecular flexibility index (Phi) is 4.05. The number of primary amides is 1. The van der Waals surface area contributed by atoms with Crippen molar-refractivity contribution in [3.63, 3.8) is 0 Å². The fourth-order valence-corrected chi connectivity index (χ4v) is 1.32. The van der Waals surface area contributed by atoms with Crippen LogP contribution in [0.25, 0.3) is 0 Å². The predicted octanol–water partition coefficient (Wildman–Crippen LogP) is 1.47. The quantitative estimate of drug-likeness (QED) is 0.747. The van der Waals surface area contributed by atoms with Crippen molar-refractivity contribution in [3.8, 4) is 0 Å². The average Bonchev–Trinajstić information content (AvgIpc) is 2.32. The Morgan fingerprint density at radius 2 is 2.00 bits per heavy atom. The van der Waals surface area contributed by atoms with Gasteiger partial charge in [-0.15, -0.1) is 0 Å². The molecule has 5 nitrogen and oxygen atoms in total. The molecule has 4 N–H and O–H groups in total. The molecule has 0 saturated carbocycles. The lowest BCUT2D eigenvalue weighted by Gasteiger charge is -2.26. The van der Waals surface area contributed by atoms with E-state index < -0.39 is 23.1 Å². The zero-order valence-electron chi connectivity index (χ0n) is 10.5. The van der Waals surface area contributed by atoms with Gasteiger partial charge in [0.2, 0.25) is 5.91 Å². The molecule has 0 saturated heterocycles. The van der Waals surface area contributed by atoms with E-state index in [1.165, 1.54) is 14.0 Å². The Morgan fingerprint density at radius 1 is 1.44 bits per heavy atom. The van der Waals surface area contributed by atoms with Gasteiger partial charge in [-0.2, -0.15) is 0 Å². The molecule has 7 heteroatoms. The number of aromatic nitrogens is 1. The second kappa shape index (κ2) is 5.16. The van der Waals surface area contributed by atoms with Crippen LogP contribution >= 0.6 is 0 Å². The summed E-state index contributed by atoms with van der Waals surface area (Å²) in [6.07, 6.45) is 0.343. The third kappa shape index (κ3) is 2.66. The van der Waals surface area contributed by atoms with Gasteiger partial charge in [-0.05, 0) is 13.3 Å². The highest BCUT2D eigenvalue weighted by atomic mass is 19.1. The summed E-state index contributed by atoms with van der Waals surface area (Å²) in [7, 11) is 1.46. The van der Waals surface area contributed by atoms with Crippen LogP contribution in [-0.2, 0) is 4.79 Å². The number of rotatable bonds is 5. The number of pyridine rings is 1. The van der Waals surface area contributed by atoms with E-state index in [4.69, 9.17) is 5.73 Å². The lowest BCUT2D eigenvalue weighted by Crippen LogP contribution is -2.47. The summed E-state index contributed by atoms with van der Waals surface area (Å²) in [6, 6.07) is 0.693. The molecule has 100 valence electrons. The summed E-state index contributed by atoms with van der Waals surface area (Å²) in [5.41, 5.74) is 4.10. The van der Waals surface area contributed by atoms with E-state index in [0.29, 0.717) is 12.5 Å². The number of carbonyl (C=O) groups is 1. The van der Waals surface area contributed by atoms with Crippen molar-refractivity contribution in [2.24, 2.45) is 5.73 Å². The monoisotopic (exact) mass is 258 g/mol. The summed E-state index contributed by atoms with van der Waals surface area (Å²) in [6.45, 7) is 3.25. The second-order valence-corrected chi connectivity index (χ2v) is 4.07. The molecule has 1 aromatic heterocycles. The van der Waals surface area contributed by atoms with Crippen LogP contribution in [0.5, 0.6) is 0 Å². The molecule has 1 amide bonds. The summed E-state index contributed by atoms with van der Waals surface area (Å²) >= 11 is 0. The fraction of sp³-hybridized carbons (Fsp3) is 0.455. The van der Waals surface area contributed by atoms with E-state index >= 15 is 0 Å². The standard InChI is InChI=1S/C11H16F2N4O/c1-4-11(2,10(14)18)17-9-7(13)5-6(12)8(15-3)16-9/h5H,4H2,1-3H3,(H2,14,18)(H2,15,16,17). The first kappa shape index (κ1) is 14.1. The van der Waals surface area contributed by atoms with Crippen LogP contribution in [0.3, 0.4) is 0 Å². The SMILES string of the molecule is CCC(C)(Nc1nc(NC)c(F)cc1F)C(N)=O. The van der Waals surface area contributed by atoms with Crippen molar-refractivity contribution in [3.05, 3.63) is 17.7 Å². The Morgan fingerprint density at radius 3 is 2.44 bits per heavy atom. The molecule has 0 aliphatic heterocycles. The molecule has 0 bridgehead atoms. The van der Waals surface area contributed by atoms with Crippen LogP contribution in [0.1, 0.15) is 20.3 Å². The molecule has 1 unspecified atom stereocenters. The second-order valence-electron chi connectivity index (χ2n) is 4.07. The van der Waals surface area contributed by atoms with Crippen molar-refractivity contribution < 1.29 is 13.6 Å². The molecule has 0 aromatic carbocycles. The van der Waals surface area contributed by atoms with Crippen molar-refractivity contribution in [2.45, 2.75) is 25.8 Å². The maximum atomic E-state index is 13.6. The first-order valence-electron chi connectivity index (χ1n) is 5.46. The van der Waals surface area contributed by atoms with E-state index in [9.17, 15) is 13.6 Å². The van der Waals surface area contributed by atoms with Crippen molar-refractivity contribution in [1.29, 1.82) is 0 Å². The van der Waals surface area contributed by atoms with Crippen molar-refractivity contribution in [1.82, 2.24) is 4.98 Å². The first-order chi connectivity index (χ1) is 8.34. The number of nitrogens with two attached hydrogens (primary N) is 1. The molecule has 0 fully saturated rings. The number of halogens is 2. The molecule has 1 heterocycles. The number of hydrogen-bond donors (Lipinski definition) is 3. The molecule has 0 aliphatic rings. The lowest BCUT2D eigenvalue weighted by atomic mass is 9.98. The zero-order chi connectivity index (χ0) is 13.9. The highest BCUT2D eigenvalue weighted by molar-refractivity contribution is 5.87. The lowest BCUT2D eigenvalue weighted by molar-refractivity contribution is -0.121. The number of hydrogen-bond acceptors (Lipinski definition) is 4. The smallest absolute Gasteiger partial charge is 0.242 e. The highest BCUT2D eigenvalue weighted by Gasteiger charge is 2.30. The minimum Gasteiger partial charge on any atom is -0.371 e. The van der Waals surface area contributed by atoms with Gasteiger partial charge in [0.05, 0.1) is 0 Å². The highest BCUT2D eigenvalue weighted by Crippen LogP contribution is 2.23. The van der Waals surface area contributed by atoms with E-state index in [-0.39, 0.29) is 11.6 Å². The maximum Gasteiger partial charge on any atom is 0.242 e. The number of anilines is 2. The molecule has 18 heavy (non-hydrogen) atoms. The van der Waals surface area contributed by atoms with E-state index in [2.05, 4.69) is 15.6 Å². The number of nitrogens with one attached hydrogen (secondary N) is 2. The van der Waals surface area contributed by atoms with Crippen LogP contribution < -0.4 is 16.4 Å². The normalized spacial score (nSPS) is 13.8. The van der Waals surface area contributed by atoms with Crippen LogP contribution in [0.2, 0.25) is 0 Å². The third-order valence-corrected chi connectivity index (χ3v) is 2.81.